The van der Waals surface area contributed by atoms with Gasteiger partial charge in [0.1, 0.15) is 0 Å². The number of hydrogen-bond donors (Lipinski definition) is 0. The van der Waals surface area contributed by atoms with Crippen LogP contribution in [0.3, 0.4) is 0 Å². The summed E-state index contributed by atoms with van der Waals surface area (Å²) in [6.07, 6.45) is 0. The van der Waals surface area contributed by atoms with Gasteiger partial charge in [-0.2, -0.15) is 0 Å². The van der Waals surface area contributed by atoms with Gasteiger partial charge < -0.3 is 4.74 Å². The quantitative estimate of drug-likeness (QED) is 0.489. The first kappa shape index (κ1) is 18.5. The smallest absolute Gasteiger partial charge is 0.338 e. The summed E-state index contributed by atoms with van der Waals surface area (Å²) in [7, 11) is 0. The van der Waals surface area contributed by atoms with E-state index in [-0.39, 0.29) is 5.97 Å². The van der Waals surface area contributed by atoms with Crippen LogP contribution in [0, 0.1) is 0 Å². The van der Waals surface area contributed by atoms with Gasteiger partial charge in [0, 0.05) is 5.26 Å². The van der Waals surface area contributed by atoms with E-state index in [0.29, 0.717) is 12.2 Å². The fraction of sp³-hybridized carbons (Fsp3) is 0.0909. The zero-order chi connectivity index (χ0) is 18.4. The van der Waals surface area contributed by atoms with Crippen molar-refractivity contribution in [2.45, 2.75) is 6.92 Å². The van der Waals surface area contributed by atoms with E-state index in [4.69, 9.17) is 16.3 Å². The molecule has 3 aromatic carbocycles. The molecule has 26 heavy (non-hydrogen) atoms. The molecule has 0 aliphatic rings. The summed E-state index contributed by atoms with van der Waals surface area (Å²) >= 11 is 6.55. The molecule has 4 heteroatoms. The molecule has 3 rings (SSSR count). The summed E-state index contributed by atoms with van der Waals surface area (Å²) in [5.74, 6) is -0.321. The van der Waals surface area contributed by atoms with E-state index < -0.39 is 6.89 Å². The van der Waals surface area contributed by atoms with E-state index in [1.807, 2.05) is 67.6 Å². The monoisotopic (exact) mass is 382 g/mol. The van der Waals surface area contributed by atoms with E-state index in [2.05, 4.69) is 24.3 Å². The lowest BCUT2D eigenvalue weighted by Gasteiger charge is -2.28. The van der Waals surface area contributed by atoms with Crippen LogP contribution in [0.2, 0.25) is 0 Å². The third kappa shape index (κ3) is 3.35. The van der Waals surface area contributed by atoms with Crippen molar-refractivity contribution in [3.05, 3.63) is 90.5 Å². The van der Waals surface area contributed by atoms with Gasteiger partial charge in [-0.1, -0.05) is 90.5 Å². The van der Waals surface area contributed by atoms with Gasteiger partial charge >= 0.3 is 5.97 Å². The maximum atomic E-state index is 12.6. The van der Waals surface area contributed by atoms with Gasteiger partial charge in [0.15, 0.2) is 0 Å². The van der Waals surface area contributed by atoms with Crippen molar-refractivity contribution in [2.24, 2.45) is 0 Å². The van der Waals surface area contributed by atoms with Crippen LogP contribution < -0.4 is 15.9 Å². The summed E-state index contributed by atoms with van der Waals surface area (Å²) in [6, 6.07) is 27.8. The van der Waals surface area contributed by atoms with E-state index in [0.717, 1.165) is 15.9 Å². The van der Waals surface area contributed by atoms with Gasteiger partial charge in [-0.05, 0) is 35.8 Å². The highest BCUT2D eigenvalue weighted by Gasteiger charge is 2.29. The highest BCUT2D eigenvalue weighted by atomic mass is 35.5. The lowest BCUT2D eigenvalue weighted by Crippen LogP contribution is -2.30. The normalized spacial score (nSPS) is 11.0. The summed E-state index contributed by atoms with van der Waals surface area (Å²) in [6.45, 7) is -0.166. The molecule has 0 saturated carbocycles. The number of hydrogen-bond acceptors (Lipinski definition) is 2. The third-order valence-corrected chi connectivity index (χ3v) is 8.80. The Balaban J connectivity index is 2.36. The summed E-state index contributed by atoms with van der Waals surface area (Å²) in [4.78, 5) is 12.6. The second-order valence-corrected chi connectivity index (χ2v) is 9.47. The molecule has 0 aromatic heterocycles. The predicted octanol–water partition coefficient (Wildman–Crippen LogP) is 4.16. The maximum Gasteiger partial charge on any atom is 0.338 e. The van der Waals surface area contributed by atoms with Crippen molar-refractivity contribution in [1.82, 2.24) is 0 Å². The molecule has 0 unspecified atom stereocenters. The average molecular weight is 383 g/mol. The molecular weight excluding hydrogens is 363 g/mol. The molecule has 0 fully saturated rings. The fourth-order valence-electron chi connectivity index (χ4n) is 3.08. The van der Waals surface area contributed by atoms with E-state index in [1.165, 1.54) is 0 Å². The van der Waals surface area contributed by atoms with Crippen LogP contribution in [0.4, 0.5) is 0 Å². The van der Waals surface area contributed by atoms with Gasteiger partial charge in [0.05, 0.1) is 12.2 Å². The molecule has 0 aliphatic heterocycles. The Labute approximate surface area is 159 Å². The van der Waals surface area contributed by atoms with Crippen LogP contribution in [-0.4, -0.2) is 17.8 Å². The number of carbonyl (C=O) groups is 1. The van der Waals surface area contributed by atoms with Crippen molar-refractivity contribution in [2.75, 3.05) is 6.61 Å². The minimum absolute atomic E-state index is 0.321. The zero-order valence-electron chi connectivity index (χ0n) is 14.5. The first-order valence-corrected chi connectivity index (χ1v) is 10.7. The van der Waals surface area contributed by atoms with Gasteiger partial charge in [0.25, 0.3) is 0 Å². The van der Waals surface area contributed by atoms with Crippen LogP contribution in [0.15, 0.2) is 84.9 Å². The molecule has 3 aromatic rings. The van der Waals surface area contributed by atoms with Crippen molar-refractivity contribution in [3.8, 4) is 0 Å². The Morgan fingerprint density at radius 2 is 1.38 bits per heavy atom. The molecule has 2 nitrogen and oxygen atoms in total. The van der Waals surface area contributed by atoms with Crippen LogP contribution in [0.1, 0.15) is 17.3 Å². The molecule has 0 bridgehead atoms. The van der Waals surface area contributed by atoms with E-state index >= 15 is 0 Å². The molecule has 0 amide bonds. The lowest BCUT2D eigenvalue weighted by molar-refractivity contribution is 0.0528. The van der Waals surface area contributed by atoms with Gasteiger partial charge in [-0.3, -0.25) is 0 Å². The zero-order valence-corrected chi connectivity index (χ0v) is 16.2. The number of esters is 1. The molecule has 0 heterocycles. The fourth-order valence-corrected chi connectivity index (χ4v) is 7.41. The number of ether oxygens (including phenoxy) is 1. The average Bonchev–Trinajstić information content (AvgIpc) is 2.71. The Kier molecular flexibility index (Phi) is 5.98. The first-order valence-electron chi connectivity index (χ1n) is 8.45. The van der Waals surface area contributed by atoms with Crippen LogP contribution in [0.5, 0.6) is 0 Å². The number of benzene rings is 3. The topological polar surface area (TPSA) is 26.3 Å². The second-order valence-electron chi connectivity index (χ2n) is 5.73. The second kappa shape index (κ2) is 8.40. The number of halogens is 1. The molecule has 0 radical (unpaired) electrons. The largest absolute Gasteiger partial charge is 0.462 e. The van der Waals surface area contributed by atoms with Crippen molar-refractivity contribution >= 4 is 45.6 Å². The highest BCUT2D eigenvalue weighted by molar-refractivity contribution is 7.96. The van der Waals surface area contributed by atoms with Gasteiger partial charge in [0.2, 0.25) is 0 Å². The highest BCUT2D eigenvalue weighted by Crippen LogP contribution is 2.45. The van der Waals surface area contributed by atoms with E-state index in [1.54, 1.807) is 5.26 Å². The Bertz CT molecular complexity index is 893. The summed E-state index contributed by atoms with van der Waals surface area (Å²) < 4.78 is 5.30. The van der Waals surface area contributed by atoms with Gasteiger partial charge in [-0.25, -0.2) is 4.79 Å². The summed E-state index contributed by atoms with van der Waals surface area (Å²) in [5.41, 5.74) is 0.562. The minimum Gasteiger partial charge on any atom is -0.462 e. The standard InChI is InChI=1S/C22H20ClO2P/c1-2-25-22(24)20-15-9-10-16-21(20)26(17-23,18-11-5-3-6-12-18)19-13-7-4-8-14-19/h3-17H,2H2,1H3. The third-order valence-electron chi connectivity index (χ3n) is 4.25. The van der Waals surface area contributed by atoms with Crippen molar-refractivity contribution < 1.29 is 9.53 Å². The first-order chi connectivity index (χ1) is 12.7. The van der Waals surface area contributed by atoms with Crippen molar-refractivity contribution in [1.29, 1.82) is 0 Å². The minimum atomic E-state index is -2.31. The molecule has 0 atom stereocenters. The van der Waals surface area contributed by atoms with Crippen LogP contribution in [-0.2, 0) is 4.74 Å². The molecule has 0 N–H and O–H groups in total. The Morgan fingerprint density at radius 3 is 1.88 bits per heavy atom. The molecule has 132 valence electrons. The number of carbonyl (C=O) groups excluding carboxylic acids is 1. The predicted molar refractivity (Wildman–Crippen MR) is 113 cm³/mol. The SMILES string of the molecule is CCOC(=O)c1ccccc1P(=CCl)(c1ccccc1)c1ccccc1. The Hall–Kier alpha value is -2.28. The lowest BCUT2D eigenvalue weighted by atomic mass is 10.2. The van der Waals surface area contributed by atoms with Crippen LogP contribution in [0.25, 0.3) is 0 Å². The molecule has 0 aliphatic carbocycles. The van der Waals surface area contributed by atoms with Crippen LogP contribution >= 0.6 is 18.5 Å². The Morgan fingerprint density at radius 1 is 0.885 bits per heavy atom. The molecular formula is C22H20ClO2P. The number of rotatable bonds is 5. The summed E-state index contributed by atoms with van der Waals surface area (Å²) in [5, 5.41) is 4.84. The molecule has 0 spiro atoms. The van der Waals surface area contributed by atoms with Gasteiger partial charge in [-0.15, -0.1) is 0 Å². The van der Waals surface area contributed by atoms with Crippen molar-refractivity contribution in [3.63, 3.8) is 0 Å². The maximum absolute atomic E-state index is 12.6. The van der Waals surface area contributed by atoms with E-state index in [9.17, 15) is 4.79 Å². The molecule has 0 saturated heterocycles.